The summed E-state index contributed by atoms with van der Waals surface area (Å²) in [5.74, 6) is 0.0677. The lowest BCUT2D eigenvalue weighted by molar-refractivity contribution is -0.131. The Morgan fingerprint density at radius 3 is 2.92 bits per heavy atom. The molecule has 0 saturated carbocycles. The fraction of sp³-hybridized carbons (Fsp3) is 0.333. The van der Waals surface area contributed by atoms with Crippen molar-refractivity contribution in [3.63, 3.8) is 0 Å². The third-order valence-corrected chi connectivity index (χ3v) is 6.11. The zero-order valence-corrected chi connectivity index (χ0v) is 17.2. The van der Waals surface area contributed by atoms with Crippen molar-refractivity contribution < 1.29 is 9.59 Å². The van der Waals surface area contributed by atoms with E-state index in [-0.39, 0.29) is 11.9 Å². The van der Waals surface area contributed by atoms with Gasteiger partial charge in [0.15, 0.2) is 0 Å². The zero-order valence-electron chi connectivity index (χ0n) is 14.1. The number of halogens is 2. The van der Waals surface area contributed by atoms with Crippen molar-refractivity contribution in [3.05, 3.63) is 55.1 Å². The number of nitrogens with one attached hydrogen (secondary N) is 2. The molecular formula is C18H19BrClN3O2S. The average Bonchev–Trinajstić information content (AvgIpc) is 3.08. The molecule has 2 heterocycles. The molecule has 3 rings (SSSR count). The molecular weight excluding hydrogens is 438 g/mol. The van der Waals surface area contributed by atoms with E-state index >= 15 is 0 Å². The van der Waals surface area contributed by atoms with Crippen LogP contribution in [0.2, 0.25) is 5.02 Å². The van der Waals surface area contributed by atoms with Gasteiger partial charge in [-0.05, 0) is 41.1 Å². The second-order valence-corrected chi connectivity index (χ2v) is 8.35. The Morgan fingerprint density at radius 2 is 2.12 bits per heavy atom. The fourth-order valence-corrected chi connectivity index (χ4v) is 4.44. The first-order chi connectivity index (χ1) is 12.5. The third-order valence-electron chi connectivity index (χ3n) is 4.24. The molecule has 138 valence electrons. The second kappa shape index (κ2) is 8.88. The topological polar surface area (TPSA) is 61.4 Å². The number of hydrogen-bond acceptors (Lipinski definition) is 3. The summed E-state index contributed by atoms with van der Waals surface area (Å²) in [6.45, 7) is 2.07. The number of amides is 3. The smallest absolute Gasteiger partial charge is 0.315 e. The van der Waals surface area contributed by atoms with Crippen LogP contribution in [0.25, 0.3) is 0 Å². The lowest BCUT2D eigenvalue weighted by Crippen LogP contribution is -2.40. The van der Waals surface area contributed by atoms with E-state index in [1.807, 2.05) is 17.0 Å². The summed E-state index contributed by atoms with van der Waals surface area (Å²) in [6, 6.07) is 7.28. The third kappa shape index (κ3) is 4.99. The van der Waals surface area contributed by atoms with Crippen LogP contribution in [0.5, 0.6) is 0 Å². The first kappa shape index (κ1) is 19.2. The van der Waals surface area contributed by atoms with Crippen LogP contribution in [-0.4, -0.2) is 29.9 Å². The van der Waals surface area contributed by atoms with Crippen LogP contribution >= 0.6 is 38.9 Å². The predicted molar refractivity (Wildman–Crippen MR) is 107 cm³/mol. The van der Waals surface area contributed by atoms with Gasteiger partial charge < -0.3 is 15.5 Å². The molecule has 1 aliphatic heterocycles. The zero-order chi connectivity index (χ0) is 18.5. The van der Waals surface area contributed by atoms with Crippen LogP contribution in [-0.2, 0) is 24.3 Å². The van der Waals surface area contributed by atoms with Gasteiger partial charge in [-0.25, -0.2) is 4.79 Å². The molecule has 3 amide bonds. The maximum atomic E-state index is 12.3. The van der Waals surface area contributed by atoms with E-state index < -0.39 is 0 Å². The number of thiophene rings is 1. The van der Waals surface area contributed by atoms with Gasteiger partial charge in [0.1, 0.15) is 0 Å². The van der Waals surface area contributed by atoms with Crippen LogP contribution in [0.15, 0.2) is 34.1 Å². The molecule has 0 saturated heterocycles. The minimum absolute atomic E-state index is 0.0677. The lowest BCUT2D eigenvalue weighted by Gasteiger charge is -2.27. The maximum Gasteiger partial charge on any atom is 0.315 e. The summed E-state index contributed by atoms with van der Waals surface area (Å²) in [6.07, 6.45) is 1.21. The highest BCUT2D eigenvalue weighted by molar-refractivity contribution is 9.10. The molecule has 5 nitrogen and oxygen atoms in total. The van der Waals surface area contributed by atoms with E-state index in [9.17, 15) is 9.59 Å². The normalized spacial score (nSPS) is 13.2. The van der Waals surface area contributed by atoms with E-state index in [0.29, 0.717) is 31.1 Å². The van der Waals surface area contributed by atoms with E-state index in [4.69, 9.17) is 11.6 Å². The Bertz CT molecular complexity index is 811. The SMILES string of the molecule is O=C(NCCC(=O)N1CCc2sccc2C1)NCc1ccc(Br)cc1Cl. The van der Waals surface area contributed by atoms with Gasteiger partial charge in [-0.3, -0.25) is 4.79 Å². The quantitative estimate of drug-likeness (QED) is 0.716. The van der Waals surface area contributed by atoms with Crippen molar-refractivity contribution in [2.45, 2.75) is 25.9 Å². The number of fused-ring (bicyclic) bond motifs is 1. The molecule has 0 radical (unpaired) electrons. The van der Waals surface area contributed by atoms with Crippen LogP contribution in [0.1, 0.15) is 22.4 Å². The number of nitrogens with zero attached hydrogens (tertiary/aromatic N) is 1. The number of carbonyl (C=O) groups is 2. The minimum Gasteiger partial charge on any atom is -0.338 e. The molecule has 0 fully saturated rings. The number of rotatable bonds is 5. The number of urea groups is 1. The first-order valence-corrected chi connectivity index (χ1v) is 10.4. The Kier molecular flexibility index (Phi) is 6.56. The number of hydrogen-bond donors (Lipinski definition) is 2. The molecule has 8 heteroatoms. The molecule has 2 aromatic rings. The van der Waals surface area contributed by atoms with Crippen molar-refractivity contribution in [1.29, 1.82) is 0 Å². The lowest BCUT2D eigenvalue weighted by atomic mass is 10.1. The van der Waals surface area contributed by atoms with Gasteiger partial charge in [0.25, 0.3) is 0 Å². The Balaban J connectivity index is 1.38. The summed E-state index contributed by atoms with van der Waals surface area (Å²) in [7, 11) is 0. The van der Waals surface area contributed by atoms with E-state index in [0.717, 1.165) is 23.0 Å². The van der Waals surface area contributed by atoms with Gasteiger partial charge in [-0.1, -0.05) is 33.6 Å². The summed E-state index contributed by atoms with van der Waals surface area (Å²) >= 11 is 11.2. The van der Waals surface area contributed by atoms with E-state index in [1.165, 1.54) is 10.4 Å². The van der Waals surface area contributed by atoms with Crippen LogP contribution in [0, 0.1) is 0 Å². The van der Waals surface area contributed by atoms with Crippen LogP contribution < -0.4 is 10.6 Å². The first-order valence-electron chi connectivity index (χ1n) is 8.31. The van der Waals surface area contributed by atoms with Gasteiger partial charge in [-0.15, -0.1) is 11.3 Å². The standard InChI is InChI=1S/C18H19BrClN3O2S/c19-14-2-1-12(15(20)9-14)10-22-18(25)21-6-3-17(24)23-7-4-16-13(11-23)5-8-26-16/h1-2,5,8-9H,3-4,6-7,10-11H2,(H2,21,22,25). The molecule has 0 bridgehead atoms. The van der Waals surface area contributed by atoms with E-state index in [1.54, 1.807) is 17.4 Å². The molecule has 26 heavy (non-hydrogen) atoms. The Morgan fingerprint density at radius 1 is 1.27 bits per heavy atom. The highest BCUT2D eigenvalue weighted by Crippen LogP contribution is 2.24. The van der Waals surface area contributed by atoms with Crippen molar-refractivity contribution in [3.8, 4) is 0 Å². The molecule has 1 aliphatic rings. The highest BCUT2D eigenvalue weighted by Gasteiger charge is 2.21. The highest BCUT2D eigenvalue weighted by atomic mass is 79.9. The predicted octanol–water partition coefficient (Wildman–Crippen LogP) is 3.94. The van der Waals surface area contributed by atoms with Gasteiger partial charge in [0, 0.05) is 47.0 Å². The van der Waals surface area contributed by atoms with Gasteiger partial charge >= 0.3 is 6.03 Å². The van der Waals surface area contributed by atoms with Crippen molar-refractivity contribution in [2.75, 3.05) is 13.1 Å². The molecule has 2 N–H and O–H groups in total. The largest absolute Gasteiger partial charge is 0.338 e. The molecule has 1 aromatic heterocycles. The molecule has 0 aliphatic carbocycles. The van der Waals surface area contributed by atoms with Crippen LogP contribution in [0.3, 0.4) is 0 Å². The van der Waals surface area contributed by atoms with Crippen molar-refractivity contribution >= 4 is 50.8 Å². The fourth-order valence-electron chi connectivity index (χ4n) is 2.81. The number of carbonyl (C=O) groups excluding carboxylic acids is 2. The van der Waals surface area contributed by atoms with Crippen molar-refractivity contribution in [2.24, 2.45) is 0 Å². The minimum atomic E-state index is -0.310. The average molecular weight is 457 g/mol. The monoisotopic (exact) mass is 455 g/mol. The molecule has 0 atom stereocenters. The maximum absolute atomic E-state index is 12.3. The number of benzene rings is 1. The molecule has 0 spiro atoms. The summed E-state index contributed by atoms with van der Waals surface area (Å²) in [5, 5.41) is 8.13. The van der Waals surface area contributed by atoms with Crippen molar-refractivity contribution in [1.82, 2.24) is 15.5 Å². The Hall–Kier alpha value is -1.57. The van der Waals surface area contributed by atoms with Crippen LogP contribution in [0.4, 0.5) is 4.79 Å². The van der Waals surface area contributed by atoms with Gasteiger partial charge in [0.05, 0.1) is 0 Å². The molecule has 0 unspecified atom stereocenters. The van der Waals surface area contributed by atoms with E-state index in [2.05, 4.69) is 38.0 Å². The summed E-state index contributed by atoms with van der Waals surface area (Å²) in [4.78, 5) is 27.4. The Labute approximate surface area is 169 Å². The van der Waals surface area contributed by atoms with Gasteiger partial charge in [0.2, 0.25) is 5.91 Å². The molecule has 1 aromatic carbocycles. The van der Waals surface area contributed by atoms with Gasteiger partial charge in [-0.2, -0.15) is 0 Å². The second-order valence-electron chi connectivity index (χ2n) is 6.03. The summed E-state index contributed by atoms with van der Waals surface area (Å²) in [5.41, 5.74) is 2.08. The summed E-state index contributed by atoms with van der Waals surface area (Å²) < 4.78 is 0.890.